The molecule has 0 N–H and O–H groups in total. The third-order valence-corrected chi connectivity index (χ3v) is 5.65. The summed E-state index contributed by atoms with van der Waals surface area (Å²) in [4.78, 5) is 8.43. The fourth-order valence-electron chi connectivity index (χ4n) is 1.90. The first kappa shape index (κ1) is 16.7. The van der Waals surface area contributed by atoms with Crippen molar-refractivity contribution in [3.05, 3.63) is 41.0 Å². The van der Waals surface area contributed by atoms with Crippen LogP contribution in [-0.2, 0) is 13.6 Å². The summed E-state index contributed by atoms with van der Waals surface area (Å²) in [6, 6.07) is 11.2. The van der Waals surface area contributed by atoms with Crippen LogP contribution in [0.4, 0.5) is 0 Å². The van der Waals surface area contributed by atoms with Crippen LogP contribution in [0.1, 0.15) is 5.56 Å². The second kappa shape index (κ2) is 6.78. The molecule has 3 rings (SSSR count). The molecule has 0 bridgehead atoms. The first-order valence-corrected chi connectivity index (χ1v) is 10.0. The first-order valence-electron chi connectivity index (χ1n) is 6.31. The molecular formula is C13H8Cl2N3O3PS. The van der Waals surface area contributed by atoms with Gasteiger partial charge in [0, 0.05) is 16.8 Å². The molecule has 1 aromatic heterocycles. The van der Waals surface area contributed by atoms with Gasteiger partial charge in [-0.25, -0.2) is 14.5 Å². The number of halogens is 2. The summed E-state index contributed by atoms with van der Waals surface area (Å²) in [5.41, 5.74) is 0.741. The minimum Gasteiger partial charge on any atom is -0.293 e. The van der Waals surface area contributed by atoms with Gasteiger partial charge in [-0.1, -0.05) is 53.7 Å². The Morgan fingerprint density at radius 3 is 2.70 bits per heavy atom. The summed E-state index contributed by atoms with van der Waals surface area (Å²) in [6.07, 6.45) is 0. The van der Waals surface area contributed by atoms with Gasteiger partial charge in [-0.2, -0.15) is 5.26 Å². The van der Waals surface area contributed by atoms with Gasteiger partial charge in [0.25, 0.3) is 0 Å². The van der Waals surface area contributed by atoms with E-state index in [-0.39, 0.29) is 22.5 Å². The molecule has 1 fully saturated rings. The SMILES string of the molecule is N#Cc1c(Cl)nc(SC2COP(=O)(Cl)O2)nc1-c1ccccc1. The van der Waals surface area contributed by atoms with E-state index in [1.165, 1.54) is 0 Å². The summed E-state index contributed by atoms with van der Waals surface area (Å²) < 4.78 is 21.4. The van der Waals surface area contributed by atoms with Crippen LogP contribution in [0.25, 0.3) is 11.3 Å². The Morgan fingerprint density at radius 1 is 1.35 bits per heavy atom. The number of nitriles is 1. The maximum absolute atomic E-state index is 11.5. The lowest BCUT2D eigenvalue weighted by Crippen LogP contribution is -2.05. The second-order valence-electron chi connectivity index (χ2n) is 4.38. The fraction of sp³-hybridized carbons (Fsp3) is 0.154. The normalized spacial score (nSPS) is 23.6. The number of thioether (sulfide) groups is 1. The number of rotatable bonds is 3. The van der Waals surface area contributed by atoms with Gasteiger partial charge in [-0.3, -0.25) is 9.05 Å². The summed E-state index contributed by atoms with van der Waals surface area (Å²) in [6.45, 7) is -3.47. The van der Waals surface area contributed by atoms with Crippen molar-refractivity contribution < 1.29 is 13.6 Å². The minimum absolute atomic E-state index is 0.0387. The Kier molecular flexibility index (Phi) is 4.93. The van der Waals surface area contributed by atoms with Crippen LogP contribution in [0.2, 0.25) is 5.15 Å². The molecule has 0 spiro atoms. The predicted octanol–water partition coefficient (Wildman–Crippen LogP) is 4.48. The zero-order valence-corrected chi connectivity index (χ0v) is 14.6. The first-order chi connectivity index (χ1) is 11.0. The molecule has 10 heteroatoms. The highest BCUT2D eigenvalue weighted by atomic mass is 35.7. The molecule has 2 aromatic rings. The maximum Gasteiger partial charge on any atom is 0.425 e. The van der Waals surface area contributed by atoms with Crippen molar-refractivity contribution >= 4 is 41.6 Å². The molecule has 0 saturated carbocycles. The van der Waals surface area contributed by atoms with E-state index in [1.54, 1.807) is 0 Å². The van der Waals surface area contributed by atoms with Gasteiger partial charge in [-0.15, -0.1) is 0 Å². The molecule has 6 nitrogen and oxygen atoms in total. The summed E-state index contributed by atoms with van der Waals surface area (Å²) in [5.74, 6) is 0. The topological polar surface area (TPSA) is 85.1 Å². The zero-order valence-electron chi connectivity index (χ0n) is 11.3. The van der Waals surface area contributed by atoms with Crippen LogP contribution < -0.4 is 0 Å². The van der Waals surface area contributed by atoms with Gasteiger partial charge < -0.3 is 0 Å². The predicted molar refractivity (Wildman–Crippen MR) is 87.3 cm³/mol. The summed E-state index contributed by atoms with van der Waals surface area (Å²) >= 11 is 12.7. The lowest BCUT2D eigenvalue weighted by atomic mass is 10.1. The molecule has 1 aliphatic heterocycles. The molecule has 2 unspecified atom stereocenters. The van der Waals surface area contributed by atoms with Gasteiger partial charge in [0.1, 0.15) is 17.1 Å². The van der Waals surface area contributed by atoms with Crippen molar-refractivity contribution in [1.29, 1.82) is 5.26 Å². The molecule has 0 amide bonds. The number of aromatic nitrogens is 2. The molecule has 2 atom stereocenters. The third-order valence-electron chi connectivity index (χ3n) is 2.85. The van der Waals surface area contributed by atoms with E-state index in [0.717, 1.165) is 17.3 Å². The Labute approximate surface area is 146 Å². The zero-order chi connectivity index (χ0) is 16.4. The van der Waals surface area contributed by atoms with E-state index in [2.05, 4.69) is 9.97 Å². The number of hydrogen-bond donors (Lipinski definition) is 0. The Balaban J connectivity index is 1.96. The van der Waals surface area contributed by atoms with Crippen LogP contribution >= 0.6 is 41.6 Å². The van der Waals surface area contributed by atoms with E-state index >= 15 is 0 Å². The van der Waals surface area contributed by atoms with Gasteiger partial charge in [-0.05, 0) is 0 Å². The van der Waals surface area contributed by atoms with Crippen molar-refractivity contribution in [2.24, 2.45) is 0 Å². The van der Waals surface area contributed by atoms with Crippen molar-refractivity contribution in [3.8, 4) is 17.3 Å². The van der Waals surface area contributed by atoms with Gasteiger partial charge in [0.15, 0.2) is 10.3 Å². The van der Waals surface area contributed by atoms with Crippen molar-refractivity contribution in [2.75, 3.05) is 6.61 Å². The summed E-state index contributed by atoms with van der Waals surface area (Å²) in [5, 5.41) is 9.60. The van der Waals surface area contributed by atoms with Crippen LogP contribution in [0.5, 0.6) is 0 Å². The van der Waals surface area contributed by atoms with E-state index in [4.69, 9.17) is 31.9 Å². The minimum atomic E-state index is -3.52. The molecule has 1 saturated heterocycles. The van der Waals surface area contributed by atoms with E-state index in [0.29, 0.717) is 5.69 Å². The number of benzene rings is 1. The van der Waals surface area contributed by atoms with Crippen LogP contribution in [0.3, 0.4) is 0 Å². The van der Waals surface area contributed by atoms with Gasteiger partial charge in [0.05, 0.1) is 12.3 Å². The largest absolute Gasteiger partial charge is 0.425 e. The van der Waals surface area contributed by atoms with E-state index in [9.17, 15) is 9.83 Å². The van der Waals surface area contributed by atoms with Crippen molar-refractivity contribution in [1.82, 2.24) is 9.97 Å². The maximum atomic E-state index is 11.5. The molecule has 1 aliphatic rings. The fourth-order valence-corrected chi connectivity index (χ4v) is 4.74. The van der Waals surface area contributed by atoms with Gasteiger partial charge >= 0.3 is 6.95 Å². The molecule has 1 aromatic carbocycles. The molecule has 23 heavy (non-hydrogen) atoms. The number of hydrogen-bond acceptors (Lipinski definition) is 7. The highest BCUT2D eigenvalue weighted by Crippen LogP contribution is 2.60. The molecular weight excluding hydrogens is 380 g/mol. The van der Waals surface area contributed by atoms with Crippen LogP contribution in [0.15, 0.2) is 35.5 Å². The lowest BCUT2D eigenvalue weighted by Gasteiger charge is -2.09. The number of nitrogens with zero attached hydrogens (tertiary/aromatic N) is 3. The Morgan fingerprint density at radius 2 is 2.09 bits per heavy atom. The smallest absolute Gasteiger partial charge is 0.293 e. The highest BCUT2D eigenvalue weighted by Gasteiger charge is 2.36. The van der Waals surface area contributed by atoms with Crippen LogP contribution in [-0.4, -0.2) is 22.0 Å². The Bertz CT molecular complexity index is 831. The average Bonchev–Trinajstić information content (AvgIpc) is 2.86. The quantitative estimate of drug-likeness (QED) is 0.435. The highest BCUT2D eigenvalue weighted by molar-refractivity contribution is 8.00. The van der Waals surface area contributed by atoms with E-state index < -0.39 is 12.4 Å². The second-order valence-corrected chi connectivity index (χ2v) is 8.43. The van der Waals surface area contributed by atoms with Gasteiger partial charge in [0.2, 0.25) is 0 Å². The third kappa shape index (κ3) is 3.86. The monoisotopic (exact) mass is 387 g/mol. The summed E-state index contributed by atoms with van der Waals surface area (Å²) in [7, 11) is 0. The molecule has 118 valence electrons. The Hall–Kier alpha value is -1.13. The molecule has 0 aliphatic carbocycles. The van der Waals surface area contributed by atoms with Crippen molar-refractivity contribution in [3.63, 3.8) is 0 Å². The standard InChI is InChI=1S/C13H8Cl2N3O3PS/c14-12-9(6-16)11(8-4-2-1-3-5-8)17-13(18-12)23-10-7-20-22(15,19)21-10/h1-5,10H,7H2. The average molecular weight is 388 g/mol. The van der Waals surface area contributed by atoms with Crippen LogP contribution in [0, 0.1) is 11.3 Å². The molecule has 0 radical (unpaired) electrons. The lowest BCUT2D eigenvalue weighted by molar-refractivity contribution is 0.330. The van der Waals surface area contributed by atoms with Crippen molar-refractivity contribution in [2.45, 2.75) is 10.6 Å². The van der Waals surface area contributed by atoms with E-state index in [1.807, 2.05) is 36.4 Å². The molecule has 2 heterocycles.